The first kappa shape index (κ1) is 14.2. The van der Waals surface area contributed by atoms with Gasteiger partial charge in [-0.25, -0.2) is 0 Å². The topological polar surface area (TPSA) is 58.6 Å². The summed E-state index contributed by atoms with van der Waals surface area (Å²) in [5.41, 5.74) is -0.869. The van der Waals surface area contributed by atoms with Gasteiger partial charge in [0, 0.05) is 16.7 Å². The van der Waals surface area contributed by atoms with E-state index in [1.807, 2.05) is 24.3 Å². The summed E-state index contributed by atoms with van der Waals surface area (Å²) in [6, 6.07) is 8.03. The Labute approximate surface area is 117 Å². The first-order chi connectivity index (χ1) is 9.03. The number of benzene rings is 1. The third-order valence-corrected chi connectivity index (χ3v) is 4.49. The van der Waals surface area contributed by atoms with Crippen LogP contribution in [-0.4, -0.2) is 35.5 Å². The van der Waals surface area contributed by atoms with Crippen LogP contribution in [0, 0.1) is 0 Å². The molecule has 1 aromatic carbocycles. The van der Waals surface area contributed by atoms with Gasteiger partial charge in [0.2, 0.25) is 0 Å². The number of rotatable bonds is 7. The van der Waals surface area contributed by atoms with Crippen molar-refractivity contribution < 1.29 is 14.6 Å². The van der Waals surface area contributed by atoms with Crippen molar-refractivity contribution in [2.24, 2.45) is 0 Å². The van der Waals surface area contributed by atoms with Crippen LogP contribution < -0.4 is 10.1 Å². The Hall–Kier alpha value is -1.20. The minimum Gasteiger partial charge on any atom is -0.497 e. The Bertz CT molecular complexity index is 445. The van der Waals surface area contributed by atoms with Crippen LogP contribution in [0.4, 0.5) is 0 Å². The Morgan fingerprint density at radius 2 is 2.11 bits per heavy atom. The highest BCUT2D eigenvalue weighted by molar-refractivity contribution is 7.99. The van der Waals surface area contributed by atoms with Crippen molar-refractivity contribution in [2.75, 3.05) is 12.9 Å². The van der Waals surface area contributed by atoms with Crippen molar-refractivity contribution >= 4 is 17.7 Å². The van der Waals surface area contributed by atoms with E-state index in [4.69, 9.17) is 4.74 Å². The minimum absolute atomic E-state index is 0.373. The molecule has 0 saturated heterocycles. The molecule has 0 amide bonds. The fraction of sp³-hybridized carbons (Fsp3) is 0.500. The Morgan fingerprint density at radius 3 is 2.58 bits per heavy atom. The number of aliphatic carboxylic acids is 1. The van der Waals surface area contributed by atoms with Gasteiger partial charge in [0.1, 0.15) is 11.3 Å². The highest BCUT2D eigenvalue weighted by atomic mass is 32.2. The van der Waals surface area contributed by atoms with Gasteiger partial charge in [-0.3, -0.25) is 10.1 Å². The number of thioether (sulfide) groups is 1. The van der Waals surface area contributed by atoms with Crippen molar-refractivity contribution in [1.29, 1.82) is 0 Å². The number of nitrogens with one attached hydrogen (secondary N) is 1. The molecule has 104 valence electrons. The van der Waals surface area contributed by atoms with Crippen molar-refractivity contribution in [3.05, 3.63) is 24.3 Å². The number of methoxy groups -OCH3 is 1. The second-order valence-corrected chi connectivity index (χ2v) is 6.07. The molecule has 1 atom stereocenters. The fourth-order valence-electron chi connectivity index (χ4n) is 1.74. The lowest BCUT2D eigenvalue weighted by Gasteiger charge is -2.26. The van der Waals surface area contributed by atoms with Gasteiger partial charge in [0.05, 0.1) is 7.11 Å². The SMILES string of the molecule is COc1ccc(SCC(C)(NC2CC2)C(=O)O)cc1. The summed E-state index contributed by atoms with van der Waals surface area (Å²) in [5, 5.41) is 12.6. The first-order valence-electron chi connectivity index (χ1n) is 6.31. The molecule has 0 spiro atoms. The van der Waals surface area contributed by atoms with E-state index in [1.165, 1.54) is 0 Å². The first-order valence-corrected chi connectivity index (χ1v) is 7.30. The largest absolute Gasteiger partial charge is 0.497 e. The van der Waals surface area contributed by atoms with Crippen molar-refractivity contribution in [3.63, 3.8) is 0 Å². The van der Waals surface area contributed by atoms with Crippen LogP contribution in [0.25, 0.3) is 0 Å². The lowest BCUT2D eigenvalue weighted by atomic mass is 10.1. The van der Waals surface area contributed by atoms with Gasteiger partial charge >= 0.3 is 5.97 Å². The number of carboxylic acid groups (broad SMARTS) is 1. The molecule has 0 aromatic heterocycles. The maximum Gasteiger partial charge on any atom is 0.324 e. The zero-order chi connectivity index (χ0) is 13.9. The Kier molecular flexibility index (Phi) is 4.37. The molecule has 1 aromatic rings. The van der Waals surface area contributed by atoms with Gasteiger partial charge in [-0.15, -0.1) is 11.8 Å². The highest BCUT2D eigenvalue weighted by Gasteiger charge is 2.38. The monoisotopic (exact) mass is 281 g/mol. The summed E-state index contributed by atoms with van der Waals surface area (Å²) < 4.78 is 5.10. The number of ether oxygens (including phenoxy) is 1. The van der Waals surface area contributed by atoms with Crippen LogP contribution >= 0.6 is 11.8 Å². The number of carbonyl (C=O) groups is 1. The number of carboxylic acids is 1. The third-order valence-electron chi connectivity index (χ3n) is 3.16. The van der Waals surface area contributed by atoms with E-state index in [1.54, 1.807) is 25.8 Å². The van der Waals surface area contributed by atoms with E-state index in [-0.39, 0.29) is 0 Å². The number of hydrogen-bond donors (Lipinski definition) is 2. The van der Waals surface area contributed by atoms with Crippen LogP contribution in [-0.2, 0) is 4.79 Å². The smallest absolute Gasteiger partial charge is 0.324 e. The quantitative estimate of drug-likeness (QED) is 0.752. The van der Waals surface area contributed by atoms with Crippen molar-refractivity contribution in [3.8, 4) is 5.75 Å². The van der Waals surface area contributed by atoms with Gasteiger partial charge < -0.3 is 9.84 Å². The van der Waals surface area contributed by atoms with Gasteiger partial charge in [-0.05, 0) is 44.0 Å². The summed E-state index contributed by atoms with van der Waals surface area (Å²) in [6.45, 7) is 1.75. The van der Waals surface area contributed by atoms with Crippen LogP contribution in [0.1, 0.15) is 19.8 Å². The summed E-state index contributed by atoms with van der Waals surface area (Å²) >= 11 is 1.55. The number of hydrogen-bond acceptors (Lipinski definition) is 4. The molecule has 2 N–H and O–H groups in total. The van der Waals surface area contributed by atoms with E-state index in [0.29, 0.717) is 11.8 Å². The zero-order valence-electron chi connectivity index (χ0n) is 11.2. The molecule has 5 heteroatoms. The summed E-state index contributed by atoms with van der Waals surface area (Å²) in [5.74, 6) is 0.521. The molecule has 1 unspecified atom stereocenters. The zero-order valence-corrected chi connectivity index (χ0v) is 12.0. The predicted octanol–water partition coefficient (Wildman–Crippen LogP) is 2.38. The standard InChI is InChI=1S/C14H19NO3S/c1-14(13(16)17,15-10-3-4-10)9-19-12-7-5-11(18-2)6-8-12/h5-8,10,15H,3-4,9H2,1-2H3,(H,16,17). The molecule has 1 fully saturated rings. The van der Waals surface area contributed by atoms with Crippen LogP contribution in [0.15, 0.2) is 29.2 Å². The summed E-state index contributed by atoms with van der Waals surface area (Å²) in [7, 11) is 1.63. The fourth-order valence-corrected chi connectivity index (χ4v) is 2.73. The second-order valence-electron chi connectivity index (χ2n) is 5.02. The average molecular weight is 281 g/mol. The van der Waals surface area contributed by atoms with Gasteiger partial charge in [0.25, 0.3) is 0 Å². The predicted molar refractivity (Wildman–Crippen MR) is 75.9 cm³/mol. The molecule has 0 aliphatic heterocycles. The maximum atomic E-state index is 11.4. The van der Waals surface area contributed by atoms with Crippen LogP contribution in [0.3, 0.4) is 0 Å². The summed E-state index contributed by atoms with van der Waals surface area (Å²) in [4.78, 5) is 12.5. The Balaban J connectivity index is 1.95. The van der Waals surface area contributed by atoms with Crippen molar-refractivity contribution in [1.82, 2.24) is 5.32 Å². The second kappa shape index (κ2) is 5.84. The van der Waals surface area contributed by atoms with Gasteiger partial charge in [-0.1, -0.05) is 0 Å². The lowest BCUT2D eigenvalue weighted by molar-refractivity contribution is -0.143. The normalized spacial score (nSPS) is 17.8. The molecule has 1 aliphatic carbocycles. The highest BCUT2D eigenvalue weighted by Crippen LogP contribution is 2.28. The van der Waals surface area contributed by atoms with E-state index in [9.17, 15) is 9.90 Å². The molecule has 0 radical (unpaired) electrons. The van der Waals surface area contributed by atoms with Crippen LogP contribution in [0.2, 0.25) is 0 Å². The maximum absolute atomic E-state index is 11.4. The van der Waals surface area contributed by atoms with E-state index < -0.39 is 11.5 Å². The van der Waals surface area contributed by atoms with Gasteiger partial charge in [-0.2, -0.15) is 0 Å². The van der Waals surface area contributed by atoms with E-state index in [0.717, 1.165) is 23.5 Å². The molecule has 0 bridgehead atoms. The molecular formula is C14H19NO3S. The minimum atomic E-state index is -0.869. The van der Waals surface area contributed by atoms with Gasteiger partial charge in [0.15, 0.2) is 0 Å². The van der Waals surface area contributed by atoms with E-state index >= 15 is 0 Å². The third kappa shape index (κ3) is 3.88. The van der Waals surface area contributed by atoms with Crippen molar-refractivity contribution in [2.45, 2.75) is 36.2 Å². The molecule has 2 rings (SSSR count). The van der Waals surface area contributed by atoms with E-state index in [2.05, 4.69) is 5.32 Å². The van der Waals surface area contributed by atoms with Crippen LogP contribution in [0.5, 0.6) is 5.75 Å². The molecule has 19 heavy (non-hydrogen) atoms. The molecular weight excluding hydrogens is 262 g/mol. The molecule has 1 aliphatic rings. The lowest BCUT2D eigenvalue weighted by Crippen LogP contribution is -2.52. The Morgan fingerprint density at radius 1 is 1.47 bits per heavy atom. The molecule has 1 saturated carbocycles. The summed E-state index contributed by atoms with van der Waals surface area (Å²) in [6.07, 6.45) is 2.16. The average Bonchev–Trinajstić information content (AvgIpc) is 3.20. The molecule has 4 nitrogen and oxygen atoms in total. The molecule has 0 heterocycles.